The maximum atomic E-state index is 10.6. The maximum absolute atomic E-state index is 10.6. The van der Waals surface area contributed by atoms with Crippen molar-refractivity contribution in [2.45, 2.75) is 36.9 Å². The van der Waals surface area contributed by atoms with Crippen LogP contribution in [0.1, 0.15) is 20.3 Å². The summed E-state index contributed by atoms with van der Waals surface area (Å²) in [5.74, 6) is 0.118. The third-order valence-electron chi connectivity index (χ3n) is 1.30. The summed E-state index contributed by atoms with van der Waals surface area (Å²) in [6, 6.07) is -0.201. The van der Waals surface area contributed by atoms with Gasteiger partial charge in [0.05, 0.1) is 0 Å². The molecule has 0 fully saturated rings. The molecule has 60 valence electrons. The number of hydrogen-bond donors (Lipinski definition) is 1. The molecule has 0 aromatic carbocycles. The first-order valence-corrected chi connectivity index (χ1v) is 5.94. The monoisotopic (exact) mass is 209 g/mol. The van der Waals surface area contributed by atoms with Crippen molar-refractivity contribution in [3.05, 3.63) is 0 Å². The van der Waals surface area contributed by atoms with Gasteiger partial charge in [-0.1, -0.05) is 0 Å². The van der Waals surface area contributed by atoms with E-state index in [1.807, 2.05) is 0 Å². The first-order valence-electron chi connectivity index (χ1n) is 3.52. The van der Waals surface area contributed by atoms with Crippen LogP contribution in [0.4, 0.5) is 0 Å². The van der Waals surface area contributed by atoms with Crippen LogP contribution in [0, 0.1) is 0 Å². The van der Waals surface area contributed by atoms with Crippen molar-refractivity contribution < 1.29 is 4.79 Å². The summed E-state index contributed by atoms with van der Waals surface area (Å²) in [4.78, 5) is 10.6. The third-order valence-corrected chi connectivity index (χ3v) is 3.26. The number of Topliss-reactive ketones (excluding diaryl/α,β-unsaturated/α-hetero) is 1. The first kappa shape index (κ1) is 10.1. The molecule has 0 amide bonds. The molecule has 2 N–H and O–H groups in total. The van der Waals surface area contributed by atoms with Crippen LogP contribution in [0.5, 0.6) is 0 Å². The zero-order valence-electron chi connectivity index (χ0n) is 6.59. The molecule has 0 aliphatic rings. The van der Waals surface area contributed by atoms with E-state index in [-0.39, 0.29) is 11.8 Å². The quantitative estimate of drug-likeness (QED) is 0.537. The fourth-order valence-electron chi connectivity index (χ4n) is 0.558. The number of nitrogens with two attached hydrogens (primary N) is 1. The average Bonchev–Trinajstić information content (AvgIpc) is 1.88. The van der Waals surface area contributed by atoms with Gasteiger partial charge in [0, 0.05) is 0 Å². The number of hydrogen-bond acceptors (Lipinski definition) is 2. The van der Waals surface area contributed by atoms with Gasteiger partial charge in [-0.15, -0.1) is 0 Å². The summed E-state index contributed by atoms with van der Waals surface area (Å²) < 4.78 is 0. The van der Waals surface area contributed by atoms with Crippen LogP contribution in [0.3, 0.4) is 0 Å². The van der Waals surface area contributed by atoms with Crippen LogP contribution in [0.2, 0.25) is 10.6 Å². The molecule has 0 aromatic heterocycles. The summed E-state index contributed by atoms with van der Waals surface area (Å²) >= 11 is 0.701. The van der Waals surface area contributed by atoms with Gasteiger partial charge in [-0.25, -0.2) is 0 Å². The molecular formula is C7H15NOSe. The molecule has 10 heavy (non-hydrogen) atoms. The number of ketones is 1. The fourth-order valence-corrected chi connectivity index (χ4v) is 2.05. The van der Waals surface area contributed by atoms with Crippen molar-refractivity contribution >= 4 is 20.7 Å². The van der Waals surface area contributed by atoms with Gasteiger partial charge in [0.1, 0.15) is 0 Å². The zero-order chi connectivity index (χ0) is 7.98. The number of rotatable bonds is 5. The Hall–Kier alpha value is 0.149. The van der Waals surface area contributed by atoms with E-state index in [0.717, 1.165) is 11.7 Å². The van der Waals surface area contributed by atoms with E-state index in [1.54, 1.807) is 6.92 Å². The third kappa shape index (κ3) is 4.98. The zero-order valence-corrected chi connectivity index (χ0v) is 8.31. The Kier molecular flexibility index (Phi) is 5.99. The molecule has 0 heterocycles. The van der Waals surface area contributed by atoms with E-state index >= 15 is 0 Å². The van der Waals surface area contributed by atoms with E-state index in [2.05, 4.69) is 6.92 Å². The predicted octanol–water partition coefficient (Wildman–Crippen LogP) is 0.853. The van der Waals surface area contributed by atoms with Crippen molar-refractivity contribution in [1.29, 1.82) is 0 Å². The van der Waals surface area contributed by atoms with Crippen LogP contribution < -0.4 is 5.73 Å². The van der Waals surface area contributed by atoms with Gasteiger partial charge in [0.2, 0.25) is 0 Å². The topological polar surface area (TPSA) is 43.1 Å². The van der Waals surface area contributed by atoms with Crippen molar-refractivity contribution in [2.24, 2.45) is 5.73 Å². The minimum absolute atomic E-state index is 0.118. The number of carbonyl (C=O) groups is 1. The molecule has 0 radical (unpaired) electrons. The summed E-state index contributed by atoms with van der Waals surface area (Å²) in [7, 11) is 0. The Bertz CT molecular complexity index is 106. The van der Waals surface area contributed by atoms with E-state index < -0.39 is 0 Å². The predicted molar refractivity (Wildman–Crippen MR) is 44.3 cm³/mol. The summed E-state index contributed by atoms with van der Waals surface area (Å²) in [6.07, 6.45) is 0.878. The molecule has 0 rings (SSSR count). The molecule has 0 saturated heterocycles. The number of carbonyl (C=O) groups excluding carboxylic acids is 1. The summed E-state index contributed by atoms with van der Waals surface area (Å²) in [5, 5.41) is 2.39. The van der Waals surface area contributed by atoms with Crippen LogP contribution in [0.15, 0.2) is 0 Å². The molecule has 0 aromatic rings. The molecule has 1 atom stereocenters. The summed E-state index contributed by atoms with van der Waals surface area (Å²) in [5.41, 5.74) is 5.52. The molecule has 0 spiro atoms. The molecule has 0 bridgehead atoms. The van der Waals surface area contributed by atoms with Gasteiger partial charge < -0.3 is 0 Å². The standard InChI is InChI=1S/C7H15NOSe/c1-3-10-5-4-7(8)6(2)9/h7H,3-5,8H2,1-2H3. The van der Waals surface area contributed by atoms with Gasteiger partial charge in [0.15, 0.2) is 0 Å². The van der Waals surface area contributed by atoms with Crippen LogP contribution >= 0.6 is 0 Å². The molecule has 0 aliphatic carbocycles. The summed E-state index contributed by atoms with van der Waals surface area (Å²) in [6.45, 7) is 3.73. The van der Waals surface area contributed by atoms with E-state index in [4.69, 9.17) is 5.73 Å². The van der Waals surface area contributed by atoms with Crippen molar-refractivity contribution in [2.75, 3.05) is 0 Å². The molecule has 3 heteroatoms. The first-order chi connectivity index (χ1) is 4.68. The van der Waals surface area contributed by atoms with Crippen molar-refractivity contribution in [3.63, 3.8) is 0 Å². The normalized spacial score (nSPS) is 13.1. The molecule has 0 saturated carbocycles. The van der Waals surface area contributed by atoms with Crippen LogP contribution in [-0.4, -0.2) is 26.8 Å². The second-order valence-corrected chi connectivity index (χ2v) is 5.13. The average molecular weight is 208 g/mol. The van der Waals surface area contributed by atoms with Gasteiger partial charge in [0.25, 0.3) is 0 Å². The molecule has 1 unspecified atom stereocenters. The SMILES string of the molecule is CC[Se]CCC(N)C(C)=O. The van der Waals surface area contributed by atoms with Crippen LogP contribution in [-0.2, 0) is 4.79 Å². The van der Waals surface area contributed by atoms with Gasteiger partial charge in [-0.2, -0.15) is 0 Å². The van der Waals surface area contributed by atoms with Gasteiger partial charge >= 0.3 is 68.2 Å². The van der Waals surface area contributed by atoms with E-state index in [0.29, 0.717) is 15.0 Å². The molecule has 0 aliphatic heterocycles. The second-order valence-electron chi connectivity index (χ2n) is 2.20. The molecular weight excluding hydrogens is 193 g/mol. The molecule has 2 nitrogen and oxygen atoms in total. The Balaban J connectivity index is 3.21. The minimum atomic E-state index is -0.201. The Labute approximate surface area is 68.7 Å². The van der Waals surface area contributed by atoms with Crippen molar-refractivity contribution in [1.82, 2.24) is 0 Å². The van der Waals surface area contributed by atoms with E-state index in [9.17, 15) is 4.79 Å². The fraction of sp³-hybridized carbons (Fsp3) is 0.857. The van der Waals surface area contributed by atoms with Gasteiger partial charge in [-0.05, 0) is 0 Å². The van der Waals surface area contributed by atoms with Crippen molar-refractivity contribution in [3.8, 4) is 0 Å². The van der Waals surface area contributed by atoms with E-state index in [1.165, 1.54) is 5.32 Å². The Morgan fingerprint density at radius 2 is 2.30 bits per heavy atom. The Morgan fingerprint density at radius 1 is 1.70 bits per heavy atom. The van der Waals surface area contributed by atoms with Crippen LogP contribution in [0.25, 0.3) is 0 Å². The second kappa shape index (κ2) is 5.90. The Morgan fingerprint density at radius 3 is 2.70 bits per heavy atom. The van der Waals surface area contributed by atoms with Gasteiger partial charge in [-0.3, -0.25) is 0 Å².